The van der Waals surface area contributed by atoms with Crippen LogP contribution in [0.3, 0.4) is 0 Å². The number of nitrogens with one attached hydrogen (secondary N) is 1. The number of carbonyl (C=O) groups excluding carboxylic acids is 1. The number of piperazine rings is 1. The smallest absolute Gasteiger partial charge is 0.323 e. The predicted octanol–water partition coefficient (Wildman–Crippen LogP) is -0.415. The van der Waals surface area contributed by atoms with Crippen LogP contribution >= 0.6 is 0 Å². The molecule has 1 aliphatic heterocycles. The molecule has 2 heterocycles. The molecular formula is C11H18N6O. The molecule has 0 unspecified atom stereocenters. The van der Waals surface area contributed by atoms with Gasteiger partial charge in [0.1, 0.15) is 0 Å². The van der Waals surface area contributed by atoms with Crippen molar-refractivity contribution in [1.82, 2.24) is 19.8 Å². The number of nitrogens with zero attached hydrogens (tertiary/aromatic N) is 4. The van der Waals surface area contributed by atoms with Gasteiger partial charge in [-0.3, -0.25) is 15.2 Å². The number of amides is 2. The van der Waals surface area contributed by atoms with E-state index in [0.717, 1.165) is 19.6 Å². The van der Waals surface area contributed by atoms with E-state index < -0.39 is 0 Å². The number of aromatic nitrogens is 2. The number of hydrogen-bond acceptors (Lipinski definition) is 5. The third-order valence-electron chi connectivity index (χ3n) is 2.90. The highest BCUT2D eigenvalue weighted by Gasteiger charge is 2.20. The fourth-order valence-electron chi connectivity index (χ4n) is 1.91. The van der Waals surface area contributed by atoms with Crippen LogP contribution in [0, 0.1) is 0 Å². The molecule has 1 aromatic heterocycles. The van der Waals surface area contributed by atoms with Crippen LogP contribution in [0.5, 0.6) is 0 Å². The van der Waals surface area contributed by atoms with Gasteiger partial charge in [0.05, 0.1) is 6.20 Å². The van der Waals surface area contributed by atoms with Crippen molar-refractivity contribution in [3.05, 3.63) is 18.6 Å². The summed E-state index contributed by atoms with van der Waals surface area (Å²) in [4.78, 5) is 23.9. The molecule has 1 aromatic rings. The van der Waals surface area contributed by atoms with E-state index in [1.54, 1.807) is 17.3 Å². The topological polar surface area (TPSA) is 87.4 Å². The lowest BCUT2D eigenvalue weighted by Gasteiger charge is -2.34. The van der Waals surface area contributed by atoms with Gasteiger partial charge in [-0.1, -0.05) is 0 Å². The average molecular weight is 250 g/mol. The van der Waals surface area contributed by atoms with Gasteiger partial charge in [-0.05, 0) is 0 Å². The molecule has 0 saturated carbocycles. The van der Waals surface area contributed by atoms with Gasteiger partial charge in [-0.2, -0.15) is 0 Å². The Labute approximate surface area is 106 Å². The van der Waals surface area contributed by atoms with Crippen LogP contribution in [-0.4, -0.2) is 65.1 Å². The van der Waals surface area contributed by atoms with Crippen LogP contribution in [0.15, 0.2) is 18.6 Å². The quantitative estimate of drug-likeness (QED) is 0.761. The summed E-state index contributed by atoms with van der Waals surface area (Å²) in [6.45, 7) is 4.71. The summed E-state index contributed by atoms with van der Waals surface area (Å²) in [7, 11) is 0. The maximum Gasteiger partial charge on any atom is 0.323 e. The van der Waals surface area contributed by atoms with Crippen LogP contribution < -0.4 is 11.1 Å². The third kappa shape index (κ3) is 3.38. The molecule has 0 bridgehead atoms. The van der Waals surface area contributed by atoms with Gasteiger partial charge >= 0.3 is 6.03 Å². The first-order chi connectivity index (χ1) is 8.79. The van der Waals surface area contributed by atoms with Crippen LogP contribution in [0.2, 0.25) is 0 Å². The SMILES string of the molecule is NCCN1CCN(C(=O)Nc2cnccn2)CC1. The second-order valence-electron chi connectivity index (χ2n) is 4.14. The van der Waals surface area contributed by atoms with Crippen LogP contribution in [0.1, 0.15) is 0 Å². The van der Waals surface area contributed by atoms with Gasteiger partial charge in [-0.15, -0.1) is 0 Å². The van der Waals surface area contributed by atoms with E-state index in [0.29, 0.717) is 25.5 Å². The van der Waals surface area contributed by atoms with Crippen LogP contribution in [-0.2, 0) is 0 Å². The molecular weight excluding hydrogens is 232 g/mol. The van der Waals surface area contributed by atoms with E-state index in [4.69, 9.17) is 5.73 Å². The van der Waals surface area contributed by atoms with Crippen molar-refractivity contribution in [2.24, 2.45) is 5.73 Å². The van der Waals surface area contributed by atoms with Gasteiger partial charge in [-0.25, -0.2) is 9.78 Å². The normalized spacial score (nSPS) is 16.6. The Kier molecular flexibility index (Phi) is 4.43. The van der Waals surface area contributed by atoms with Crippen molar-refractivity contribution in [2.75, 3.05) is 44.6 Å². The minimum absolute atomic E-state index is 0.122. The molecule has 2 rings (SSSR count). The van der Waals surface area contributed by atoms with Crippen molar-refractivity contribution in [2.45, 2.75) is 0 Å². The summed E-state index contributed by atoms with van der Waals surface area (Å²) in [5.41, 5.74) is 5.51. The van der Waals surface area contributed by atoms with E-state index in [2.05, 4.69) is 20.2 Å². The largest absolute Gasteiger partial charge is 0.329 e. The van der Waals surface area contributed by atoms with Crippen molar-refractivity contribution in [3.63, 3.8) is 0 Å². The van der Waals surface area contributed by atoms with Crippen LogP contribution in [0.25, 0.3) is 0 Å². The molecule has 1 aliphatic rings. The maximum absolute atomic E-state index is 11.9. The number of hydrogen-bond donors (Lipinski definition) is 2. The fraction of sp³-hybridized carbons (Fsp3) is 0.545. The summed E-state index contributed by atoms with van der Waals surface area (Å²) < 4.78 is 0. The Hall–Kier alpha value is -1.73. The Balaban J connectivity index is 1.81. The number of carbonyl (C=O) groups is 1. The van der Waals surface area contributed by atoms with E-state index in [-0.39, 0.29) is 6.03 Å². The maximum atomic E-state index is 11.9. The van der Waals surface area contributed by atoms with Crippen LogP contribution in [0.4, 0.5) is 10.6 Å². The lowest BCUT2D eigenvalue weighted by molar-refractivity contribution is 0.149. The molecule has 3 N–H and O–H groups in total. The van der Waals surface area contributed by atoms with E-state index in [9.17, 15) is 4.79 Å². The third-order valence-corrected chi connectivity index (χ3v) is 2.90. The molecule has 18 heavy (non-hydrogen) atoms. The van der Waals surface area contributed by atoms with Crippen molar-refractivity contribution in [1.29, 1.82) is 0 Å². The number of rotatable bonds is 3. The first-order valence-corrected chi connectivity index (χ1v) is 6.04. The Morgan fingerprint density at radius 1 is 1.33 bits per heavy atom. The second-order valence-corrected chi connectivity index (χ2v) is 4.14. The Morgan fingerprint density at radius 3 is 2.72 bits per heavy atom. The first-order valence-electron chi connectivity index (χ1n) is 6.04. The van der Waals surface area contributed by atoms with E-state index >= 15 is 0 Å². The minimum Gasteiger partial charge on any atom is -0.329 e. The van der Waals surface area contributed by atoms with Gasteiger partial charge in [0.2, 0.25) is 0 Å². The molecule has 0 aliphatic carbocycles. The van der Waals surface area contributed by atoms with E-state index in [1.165, 1.54) is 6.20 Å². The van der Waals surface area contributed by atoms with Crippen molar-refractivity contribution < 1.29 is 4.79 Å². The summed E-state index contributed by atoms with van der Waals surface area (Å²) in [5, 5.41) is 2.73. The highest BCUT2D eigenvalue weighted by atomic mass is 16.2. The highest BCUT2D eigenvalue weighted by molar-refractivity contribution is 5.88. The average Bonchev–Trinajstić information content (AvgIpc) is 2.41. The summed E-state index contributed by atoms with van der Waals surface area (Å²) in [5.74, 6) is 0.479. The Morgan fingerprint density at radius 2 is 2.11 bits per heavy atom. The molecule has 0 atom stereocenters. The zero-order valence-corrected chi connectivity index (χ0v) is 10.2. The summed E-state index contributed by atoms with van der Waals surface area (Å²) in [6.07, 6.45) is 4.65. The number of anilines is 1. The molecule has 7 heteroatoms. The van der Waals surface area contributed by atoms with Crippen molar-refractivity contribution >= 4 is 11.8 Å². The van der Waals surface area contributed by atoms with Gasteiger partial charge < -0.3 is 10.6 Å². The Bertz CT molecular complexity index is 376. The monoisotopic (exact) mass is 250 g/mol. The molecule has 1 fully saturated rings. The van der Waals surface area contributed by atoms with Gasteiger partial charge in [0.25, 0.3) is 0 Å². The standard InChI is InChI=1S/C11H18N6O/c12-1-4-16-5-7-17(8-6-16)11(18)15-10-9-13-2-3-14-10/h2-3,9H,1,4-8,12H2,(H,14,15,18). The van der Waals surface area contributed by atoms with Gasteiger partial charge in [0, 0.05) is 51.7 Å². The zero-order chi connectivity index (χ0) is 12.8. The minimum atomic E-state index is -0.122. The molecule has 1 saturated heterocycles. The fourth-order valence-corrected chi connectivity index (χ4v) is 1.91. The highest BCUT2D eigenvalue weighted by Crippen LogP contribution is 2.05. The molecule has 0 radical (unpaired) electrons. The molecule has 7 nitrogen and oxygen atoms in total. The number of urea groups is 1. The summed E-state index contributed by atoms with van der Waals surface area (Å²) in [6, 6.07) is -0.122. The van der Waals surface area contributed by atoms with E-state index in [1.807, 2.05) is 0 Å². The lowest BCUT2D eigenvalue weighted by Crippen LogP contribution is -2.50. The lowest BCUT2D eigenvalue weighted by atomic mass is 10.3. The molecule has 2 amide bonds. The van der Waals surface area contributed by atoms with Gasteiger partial charge in [0.15, 0.2) is 5.82 Å². The number of nitrogens with two attached hydrogens (primary N) is 1. The predicted molar refractivity (Wildman–Crippen MR) is 68.1 cm³/mol. The van der Waals surface area contributed by atoms with Crippen molar-refractivity contribution in [3.8, 4) is 0 Å². The summed E-state index contributed by atoms with van der Waals surface area (Å²) >= 11 is 0. The first kappa shape index (κ1) is 12.7. The molecule has 0 spiro atoms. The zero-order valence-electron chi connectivity index (χ0n) is 10.2. The second kappa shape index (κ2) is 6.27. The molecule has 98 valence electrons. The molecule has 0 aromatic carbocycles.